The van der Waals surface area contributed by atoms with Gasteiger partial charge in [0.05, 0.1) is 5.52 Å². The number of aromatic nitrogens is 1. The van der Waals surface area contributed by atoms with Gasteiger partial charge in [-0.15, -0.1) is 0 Å². The van der Waals surface area contributed by atoms with Crippen molar-refractivity contribution in [3.63, 3.8) is 0 Å². The van der Waals surface area contributed by atoms with Crippen molar-refractivity contribution in [1.82, 2.24) is 4.98 Å². The molecule has 0 N–H and O–H groups in total. The van der Waals surface area contributed by atoms with E-state index in [0.29, 0.717) is 5.92 Å². The molecule has 2 nitrogen and oxygen atoms in total. The Morgan fingerprint density at radius 1 is 1.38 bits per heavy atom. The van der Waals surface area contributed by atoms with Crippen LogP contribution in [0.15, 0.2) is 36.5 Å². The number of benzene rings is 1. The SMILES string of the molecule is CC1CC1C(=O)c1ccc2cccnc2c1. The van der Waals surface area contributed by atoms with Gasteiger partial charge in [0, 0.05) is 23.1 Å². The maximum Gasteiger partial charge on any atom is 0.166 e. The summed E-state index contributed by atoms with van der Waals surface area (Å²) in [4.78, 5) is 16.3. The topological polar surface area (TPSA) is 30.0 Å². The molecule has 0 amide bonds. The fourth-order valence-corrected chi connectivity index (χ4v) is 2.12. The standard InChI is InChI=1S/C14H13NO/c1-9-7-12(9)14(16)11-5-4-10-3-2-6-15-13(10)8-11/h2-6,8-9,12H,7H2,1H3. The number of hydrogen-bond acceptors (Lipinski definition) is 2. The molecule has 0 radical (unpaired) electrons. The lowest BCUT2D eigenvalue weighted by molar-refractivity contribution is 0.0962. The van der Waals surface area contributed by atoms with Crippen LogP contribution in [0.2, 0.25) is 0 Å². The fourth-order valence-electron chi connectivity index (χ4n) is 2.12. The van der Waals surface area contributed by atoms with E-state index in [0.717, 1.165) is 22.9 Å². The van der Waals surface area contributed by atoms with Gasteiger partial charge in [0.2, 0.25) is 0 Å². The molecule has 1 aromatic heterocycles. The van der Waals surface area contributed by atoms with Crippen molar-refractivity contribution in [1.29, 1.82) is 0 Å². The number of pyridine rings is 1. The van der Waals surface area contributed by atoms with Gasteiger partial charge in [-0.25, -0.2) is 0 Å². The molecule has 1 aliphatic carbocycles. The first-order valence-electron chi connectivity index (χ1n) is 5.65. The molecule has 2 heteroatoms. The summed E-state index contributed by atoms with van der Waals surface area (Å²) in [5.74, 6) is 1.09. The Morgan fingerprint density at radius 3 is 2.94 bits per heavy atom. The summed E-state index contributed by atoms with van der Waals surface area (Å²) in [6.45, 7) is 2.13. The fraction of sp³-hybridized carbons (Fsp3) is 0.286. The zero-order chi connectivity index (χ0) is 11.1. The largest absolute Gasteiger partial charge is 0.294 e. The van der Waals surface area contributed by atoms with Crippen LogP contribution in [-0.2, 0) is 0 Å². The van der Waals surface area contributed by atoms with Crippen molar-refractivity contribution in [2.24, 2.45) is 11.8 Å². The van der Waals surface area contributed by atoms with E-state index in [9.17, 15) is 4.79 Å². The number of carbonyl (C=O) groups is 1. The third-order valence-corrected chi connectivity index (χ3v) is 3.34. The minimum Gasteiger partial charge on any atom is -0.294 e. The summed E-state index contributed by atoms with van der Waals surface area (Å²) in [5, 5.41) is 1.09. The van der Waals surface area contributed by atoms with Gasteiger partial charge in [0.1, 0.15) is 0 Å². The molecule has 0 spiro atoms. The number of nitrogens with zero attached hydrogens (tertiary/aromatic N) is 1. The van der Waals surface area contributed by atoms with Crippen LogP contribution in [0.4, 0.5) is 0 Å². The molecule has 3 rings (SSSR count). The second-order valence-corrected chi connectivity index (χ2v) is 4.59. The van der Waals surface area contributed by atoms with Crippen molar-refractivity contribution >= 4 is 16.7 Å². The highest BCUT2D eigenvalue weighted by molar-refractivity contribution is 6.02. The summed E-state index contributed by atoms with van der Waals surface area (Å²) in [5.41, 5.74) is 1.71. The number of Topliss-reactive ketones (excluding diaryl/α,β-unsaturated/α-hetero) is 1. The zero-order valence-corrected chi connectivity index (χ0v) is 9.18. The van der Waals surface area contributed by atoms with Gasteiger partial charge < -0.3 is 0 Å². The van der Waals surface area contributed by atoms with Crippen molar-refractivity contribution in [3.05, 3.63) is 42.1 Å². The van der Waals surface area contributed by atoms with Crippen LogP contribution in [0, 0.1) is 11.8 Å². The maximum absolute atomic E-state index is 12.0. The minimum absolute atomic E-state index is 0.251. The Morgan fingerprint density at radius 2 is 2.19 bits per heavy atom. The van der Waals surface area contributed by atoms with Gasteiger partial charge in [-0.3, -0.25) is 9.78 Å². The van der Waals surface area contributed by atoms with Crippen LogP contribution in [0.5, 0.6) is 0 Å². The van der Waals surface area contributed by atoms with E-state index in [1.807, 2.05) is 30.3 Å². The lowest BCUT2D eigenvalue weighted by atomic mass is 10.0. The molecule has 1 heterocycles. The summed E-state index contributed by atoms with van der Waals surface area (Å²) in [6, 6.07) is 9.71. The van der Waals surface area contributed by atoms with Crippen LogP contribution in [0.3, 0.4) is 0 Å². The molecular weight excluding hydrogens is 198 g/mol. The predicted molar refractivity (Wildman–Crippen MR) is 63.3 cm³/mol. The molecule has 80 valence electrons. The Bertz CT molecular complexity index is 561. The average molecular weight is 211 g/mol. The summed E-state index contributed by atoms with van der Waals surface area (Å²) in [6.07, 6.45) is 2.80. The van der Waals surface area contributed by atoms with Crippen LogP contribution < -0.4 is 0 Å². The molecule has 1 aliphatic rings. The monoisotopic (exact) mass is 211 g/mol. The van der Waals surface area contributed by atoms with Crippen molar-refractivity contribution < 1.29 is 4.79 Å². The van der Waals surface area contributed by atoms with E-state index in [2.05, 4.69) is 11.9 Å². The van der Waals surface area contributed by atoms with Crippen molar-refractivity contribution in [2.75, 3.05) is 0 Å². The molecule has 2 aromatic rings. The molecule has 16 heavy (non-hydrogen) atoms. The molecule has 2 unspecified atom stereocenters. The van der Waals surface area contributed by atoms with Crippen LogP contribution in [-0.4, -0.2) is 10.8 Å². The third-order valence-electron chi connectivity index (χ3n) is 3.34. The van der Waals surface area contributed by atoms with E-state index in [4.69, 9.17) is 0 Å². The molecule has 0 saturated heterocycles. The number of ketones is 1. The first kappa shape index (κ1) is 9.52. The third kappa shape index (κ3) is 1.51. The van der Waals surface area contributed by atoms with Crippen molar-refractivity contribution in [3.8, 4) is 0 Å². The Hall–Kier alpha value is -1.70. The van der Waals surface area contributed by atoms with E-state index in [-0.39, 0.29) is 11.7 Å². The average Bonchev–Trinajstić information content (AvgIpc) is 3.05. The van der Waals surface area contributed by atoms with Crippen LogP contribution in [0.1, 0.15) is 23.7 Å². The first-order chi connectivity index (χ1) is 7.75. The highest BCUT2D eigenvalue weighted by Crippen LogP contribution is 2.40. The van der Waals surface area contributed by atoms with Crippen molar-refractivity contribution in [2.45, 2.75) is 13.3 Å². The smallest absolute Gasteiger partial charge is 0.166 e. The van der Waals surface area contributed by atoms with Gasteiger partial charge >= 0.3 is 0 Å². The van der Waals surface area contributed by atoms with Gasteiger partial charge in [0.15, 0.2) is 5.78 Å². The molecule has 0 aliphatic heterocycles. The summed E-state index contributed by atoms with van der Waals surface area (Å²) in [7, 11) is 0. The lowest BCUT2D eigenvalue weighted by Crippen LogP contribution is -2.02. The van der Waals surface area contributed by atoms with Crippen LogP contribution in [0.25, 0.3) is 10.9 Å². The second-order valence-electron chi connectivity index (χ2n) is 4.59. The quantitative estimate of drug-likeness (QED) is 0.714. The Balaban J connectivity index is 2.02. The Labute approximate surface area is 94.3 Å². The molecule has 2 atom stereocenters. The highest BCUT2D eigenvalue weighted by Gasteiger charge is 2.39. The number of carbonyl (C=O) groups excluding carboxylic acids is 1. The maximum atomic E-state index is 12.0. The molecule has 1 saturated carbocycles. The van der Waals surface area contributed by atoms with Gasteiger partial charge in [-0.05, 0) is 24.5 Å². The predicted octanol–water partition coefficient (Wildman–Crippen LogP) is 3.07. The van der Waals surface area contributed by atoms with E-state index < -0.39 is 0 Å². The molecule has 1 aromatic carbocycles. The summed E-state index contributed by atoms with van der Waals surface area (Å²) >= 11 is 0. The molecule has 0 bridgehead atoms. The van der Waals surface area contributed by atoms with Gasteiger partial charge in [0.25, 0.3) is 0 Å². The zero-order valence-electron chi connectivity index (χ0n) is 9.18. The second kappa shape index (κ2) is 3.41. The summed E-state index contributed by atoms with van der Waals surface area (Å²) < 4.78 is 0. The van der Waals surface area contributed by atoms with E-state index in [1.165, 1.54) is 0 Å². The van der Waals surface area contributed by atoms with Gasteiger partial charge in [-0.2, -0.15) is 0 Å². The molecular formula is C14H13NO. The van der Waals surface area contributed by atoms with Crippen LogP contribution >= 0.6 is 0 Å². The first-order valence-corrected chi connectivity index (χ1v) is 5.65. The minimum atomic E-state index is 0.251. The lowest BCUT2D eigenvalue weighted by Gasteiger charge is -2.01. The molecule has 1 fully saturated rings. The van der Waals surface area contributed by atoms with E-state index in [1.54, 1.807) is 6.20 Å². The normalized spacial score (nSPS) is 23.3. The van der Waals surface area contributed by atoms with E-state index >= 15 is 0 Å². The number of hydrogen-bond donors (Lipinski definition) is 0. The number of rotatable bonds is 2. The van der Waals surface area contributed by atoms with Gasteiger partial charge in [-0.1, -0.05) is 25.1 Å². The Kier molecular flexibility index (Phi) is 2.03. The highest BCUT2D eigenvalue weighted by atomic mass is 16.1. The number of fused-ring (bicyclic) bond motifs is 1.